The van der Waals surface area contributed by atoms with Gasteiger partial charge >= 0.3 is 5.97 Å². The van der Waals surface area contributed by atoms with Crippen molar-refractivity contribution in [3.63, 3.8) is 0 Å². The molecule has 0 radical (unpaired) electrons. The highest BCUT2D eigenvalue weighted by Crippen LogP contribution is 2.17. The predicted octanol–water partition coefficient (Wildman–Crippen LogP) is 3.96. The smallest absolute Gasteiger partial charge is 0.358 e. The fourth-order valence-electron chi connectivity index (χ4n) is 2.69. The first-order valence-electron chi connectivity index (χ1n) is 9.38. The number of nitrogens with zero attached hydrogens (tertiary/aromatic N) is 2. The Hall–Kier alpha value is -3.19. The van der Waals surface area contributed by atoms with Gasteiger partial charge in [0.2, 0.25) is 0 Å². The lowest BCUT2D eigenvalue weighted by molar-refractivity contribution is -0.134. The summed E-state index contributed by atoms with van der Waals surface area (Å²) in [6.45, 7) is 3.23. The number of hydrogen-bond acceptors (Lipinski definition) is 6. The molecule has 3 aromatic rings. The van der Waals surface area contributed by atoms with Gasteiger partial charge in [-0.1, -0.05) is 60.7 Å². The van der Waals surface area contributed by atoms with Crippen molar-refractivity contribution in [2.75, 3.05) is 18.5 Å². The summed E-state index contributed by atoms with van der Waals surface area (Å²) in [5.74, 6) is -0.833. The summed E-state index contributed by atoms with van der Waals surface area (Å²) in [7, 11) is 0. The lowest BCUT2D eigenvalue weighted by Crippen LogP contribution is -2.34. The fourth-order valence-corrected chi connectivity index (χ4v) is 3.37. The van der Waals surface area contributed by atoms with Gasteiger partial charge in [-0.15, -0.1) is 11.3 Å². The average Bonchev–Trinajstić information content (AvgIpc) is 3.25. The van der Waals surface area contributed by atoms with Crippen molar-refractivity contribution >= 4 is 28.3 Å². The summed E-state index contributed by atoms with van der Waals surface area (Å²) in [6.07, 6.45) is 0. The average molecular weight is 410 g/mol. The van der Waals surface area contributed by atoms with Gasteiger partial charge in [0.05, 0.1) is 0 Å². The summed E-state index contributed by atoms with van der Waals surface area (Å²) in [4.78, 5) is 30.5. The maximum Gasteiger partial charge on any atom is 0.358 e. The number of esters is 1. The van der Waals surface area contributed by atoms with Gasteiger partial charge in [0.1, 0.15) is 0 Å². The monoisotopic (exact) mass is 409 g/mol. The Labute approximate surface area is 174 Å². The molecule has 0 saturated heterocycles. The lowest BCUT2D eigenvalue weighted by Gasteiger charge is -2.20. The number of rotatable bonds is 9. The van der Waals surface area contributed by atoms with E-state index in [4.69, 9.17) is 4.74 Å². The Morgan fingerprint density at radius 3 is 2.34 bits per heavy atom. The van der Waals surface area contributed by atoms with Crippen molar-refractivity contribution in [2.45, 2.75) is 20.0 Å². The van der Waals surface area contributed by atoms with Crippen LogP contribution in [0.25, 0.3) is 0 Å². The number of ether oxygens (including phenoxy) is 1. The first kappa shape index (κ1) is 20.5. The van der Waals surface area contributed by atoms with E-state index in [9.17, 15) is 9.59 Å². The van der Waals surface area contributed by atoms with Gasteiger partial charge in [0, 0.05) is 25.0 Å². The van der Waals surface area contributed by atoms with Crippen molar-refractivity contribution in [3.8, 4) is 0 Å². The number of benzene rings is 2. The Morgan fingerprint density at radius 2 is 1.69 bits per heavy atom. The van der Waals surface area contributed by atoms with Crippen molar-refractivity contribution in [3.05, 3.63) is 82.9 Å². The van der Waals surface area contributed by atoms with Crippen LogP contribution in [0.4, 0.5) is 5.13 Å². The number of hydrogen-bond donors (Lipinski definition) is 1. The van der Waals surface area contributed by atoms with Crippen molar-refractivity contribution in [1.82, 2.24) is 9.88 Å². The zero-order valence-electron chi connectivity index (χ0n) is 16.2. The highest BCUT2D eigenvalue weighted by atomic mass is 32.1. The second-order valence-corrected chi connectivity index (χ2v) is 7.20. The molecule has 1 aromatic heterocycles. The maximum absolute atomic E-state index is 12.4. The first-order valence-corrected chi connectivity index (χ1v) is 10.3. The number of aromatic nitrogens is 1. The quantitative estimate of drug-likeness (QED) is 0.542. The molecule has 0 unspecified atom stereocenters. The van der Waals surface area contributed by atoms with Crippen LogP contribution in [0.1, 0.15) is 28.5 Å². The Morgan fingerprint density at radius 1 is 1.03 bits per heavy atom. The Balaban J connectivity index is 1.48. The zero-order valence-corrected chi connectivity index (χ0v) is 17.0. The minimum absolute atomic E-state index is 0.199. The van der Waals surface area contributed by atoms with Gasteiger partial charge < -0.3 is 15.0 Å². The zero-order chi connectivity index (χ0) is 20.5. The third-order valence-corrected chi connectivity index (χ3v) is 5.08. The van der Waals surface area contributed by atoms with Crippen LogP contribution in [0.5, 0.6) is 0 Å². The molecule has 150 valence electrons. The Bertz CT molecular complexity index is 929. The molecular formula is C22H23N3O3S. The van der Waals surface area contributed by atoms with Crippen molar-refractivity contribution in [2.24, 2.45) is 0 Å². The summed E-state index contributed by atoms with van der Waals surface area (Å²) < 4.78 is 5.17. The third kappa shape index (κ3) is 6.15. The first-order chi connectivity index (χ1) is 14.2. The van der Waals surface area contributed by atoms with Crippen LogP contribution in [0.2, 0.25) is 0 Å². The third-order valence-electron chi connectivity index (χ3n) is 4.28. The normalized spacial score (nSPS) is 10.4. The molecule has 1 heterocycles. The van der Waals surface area contributed by atoms with Gasteiger partial charge in [-0.05, 0) is 18.1 Å². The van der Waals surface area contributed by atoms with Crippen LogP contribution >= 0.6 is 11.3 Å². The maximum atomic E-state index is 12.4. The van der Waals surface area contributed by atoms with E-state index in [1.165, 1.54) is 11.3 Å². The topological polar surface area (TPSA) is 71.5 Å². The van der Waals surface area contributed by atoms with Crippen LogP contribution in [-0.2, 0) is 22.6 Å². The molecule has 7 heteroatoms. The van der Waals surface area contributed by atoms with Gasteiger partial charge in [-0.3, -0.25) is 4.79 Å². The summed E-state index contributed by atoms with van der Waals surface area (Å²) in [6, 6.07) is 19.6. The van der Waals surface area contributed by atoms with Crippen LogP contribution in [0.15, 0.2) is 66.0 Å². The van der Waals surface area contributed by atoms with Crippen LogP contribution in [0.3, 0.4) is 0 Å². The standard InChI is InChI=1S/C22H23N3O3S/c1-2-25(14-18-11-7-4-8-12-18)20(26)15-28-21(27)19-16-29-22(24-19)23-13-17-9-5-3-6-10-17/h3-12,16H,2,13-15H2,1H3,(H,23,24). The van der Waals surface area contributed by atoms with Crippen LogP contribution in [-0.4, -0.2) is 34.9 Å². The predicted molar refractivity (Wildman–Crippen MR) is 114 cm³/mol. The molecule has 2 aromatic carbocycles. The summed E-state index contributed by atoms with van der Waals surface area (Å²) in [5, 5.41) is 5.44. The van der Waals surface area contributed by atoms with E-state index in [1.807, 2.05) is 67.6 Å². The molecule has 1 N–H and O–H groups in total. The van der Waals surface area contributed by atoms with Crippen molar-refractivity contribution < 1.29 is 14.3 Å². The molecule has 29 heavy (non-hydrogen) atoms. The molecule has 0 saturated carbocycles. The molecule has 1 amide bonds. The van der Waals surface area contributed by atoms with Crippen LogP contribution in [0, 0.1) is 0 Å². The Kier molecular flexibility index (Phi) is 7.35. The number of carbonyl (C=O) groups is 2. The molecular weight excluding hydrogens is 386 g/mol. The lowest BCUT2D eigenvalue weighted by atomic mass is 10.2. The second-order valence-electron chi connectivity index (χ2n) is 6.35. The number of thiazole rings is 1. The number of nitrogens with one attached hydrogen (secondary N) is 1. The van der Waals surface area contributed by atoms with E-state index in [0.29, 0.717) is 24.8 Å². The summed E-state index contributed by atoms with van der Waals surface area (Å²) >= 11 is 1.33. The molecule has 0 bridgehead atoms. The summed E-state index contributed by atoms with van der Waals surface area (Å²) in [5.41, 5.74) is 2.35. The second kappa shape index (κ2) is 10.4. The number of likely N-dealkylation sites (N-methyl/N-ethyl adjacent to an activating group) is 1. The van der Waals surface area contributed by atoms with Crippen LogP contribution < -0.4 is 5.32 Å². The molecule has 0 fully saturated rings. The molecule has 0 aliphatic heterocycles. The number of anilines is 1. The minimum atomic E-state index is -0.599. The van der Waals surface area contributed by atoms with E-state index in [-0.39, 0.29) is 18.2 Å². The molecule has 3 rings (SSSR count). The van der Waals surface area contributed by atoms with Crippen molar-refractivity contribution in [1.29, 1.82) is 0 Å². The number of amides is 1. The van der Waals surface area contributed by atoms with Gasteiger partial charge in [-0.25, -0.2) is 9.78 Å². The van der Waals surface area contributed by atoms with E-state index in [2.05, 4.69) is 10.3 Å². The van der Waals surface area contributed by atoms with Gasteiger partial charge in [0.25, 0.3) is 5.91 Å². The van der Waals surface area contributed by atoms with E-state index in [1.54, 1.807) is 10.3 Å². The van der Waals surface area contributed by atoms with Gasteiger partial charge in [-0.2, -0.15) is 0 Å². The molecule has 6 nitrogen and oxygen atoms in total. The SMILES string of the molecule is CCN(Cc1ccccc1)C(=O)COC(=O)c1csc(NCc2ccccc2)n1. The largest absolute Gasteiger partial charge is 0.451 e. The molecule has 0 aliphatic rings. The molecule has 0 aliphatic carbocycles. The minimum Gasteiger partial charge on any atom is -0.451 e. The van der Waals surface area contributed by atoms with E-state index < -0.39 is 5.97 Å². The van der Waals surface area contributed by atoms with Gasteiger partial charge in [0.15, 0.2) is 17.4 Å². The molecule has 0 atom stereocenters. The van der Waals surface area contributed by atoms with E-state index in [0.717, 1.165) is 11.1 Å². The highest BCUT2D eigenvalue weighted by Gasteiger charge is 2.17. The molecule has 0 spiro atoms. The highest BCUT2D eigenvalue weighted by molar-refractivity contribution is 7.13. The van der Waals surface area contributed by atoms with E-state index >= 15 is 0 Å². The number of carbonyl (C=O) groups excluding carboxylic acids is 2. The fraction of sp³-hybridized carbons (Fsp3) is 0.227.